The Labute approximate surface area is 113 Å². The third kappa shape index (κ3) is 3.13. The molecule has 0 aliphatic carbocycles. The molecule has 92 valence electrons. The van der Waals surface area contributed by atoms with Gasteiger partial charge in [-0.25, -0.2) is 0 Å². The Kier molecular flexibility index (Phi) is 4.68. The second kappa shape index (κ2) is 6.26. The molecule has 0 saturated heterocycles. The summed E-state index contributed by atoms with van der Waals surface area (Å²) in [5.41, 5.74) is 2.68. The summed E-state index contributed by atoms with van der Waals surface area (Å²) in [6, 6.07) is 8.51. The minimum atomic E-state index is 0.871. The van der Waals surface area contributed by atoms with Crippen molar-refractivity contribution in [2.24, 2.45) is 0 Å². The van der Waals surface area contributed by atoms with E-state index < -0.39 is 0 Å². The highest BCUT2D eigenvalue weighted by Crippen LogP contribution is 2.27. The number of hydrogen-bond acceptors (Lipinski definition) is 2. The monoisotopic (exact) mass is 266 g/mol. The van der Waals surface area contributed by atoms with Crippen molar-refractivity contribution in [2.75, 3.05) is 30.0 Å². The van der Waals surface area contributed by atoms with Crippen LogP contribution in [0.15, 0.2) is 24.3 Å². The lowest BCUT2D eigenvalue weighted by Crippen LogP contribution is -2.39. The van der Waals surface area contributed by atoms with Gasteiger partial charge in [-0.05, 0) is 48.7 Å². The van der Waals surface area contributed by atoms with E-state index in [1.54, 1.807) is 0 Å². The number of hydrogen-bond donors (Lipinski definition) is 1. The van der Waals surface area contributed by atoms with Gasteiger partial charge >= 0.3 is 0 Å². The molecule has 0 saturated carbocycles. The lowest BCUT2D eigenvalue weighted by molar-refractivity contribution is 0.837. The molecule has 0 atom stereocenters. The molecule has 1 aromatic carbocycles. The molecular formula is C13H18N2S2. The van der Waals surface area contributed by atoms with Gasteiger partial charge in [0.1, 0.15) is 0 Å². The number of fused-ring (bicyclic) bond motifs is 1. The molecule has 17 heavy (non-hydrogen) atoms. The number of nitrogens with one attached hydrogen (secondary N) is 1. The summed E-state index contributed by atoms with van der Waals surface area (Å²) in [4.78, 5) is 2.21. The van der Waals surface area contributed by atoms with Crippen LogP contribution in [0.1, 0.15) is 12.0 Å². The van der Waals surface area contributed by atoms with Crippen LogP contribution < -0.4 is 10.2 Å². The van der Waals surface area contributed by atoms with Crippen molar-refractivity contribution < 1.29 is 0 Å². The molecule has 1 aliphatic heterocycles. The van der Waals surface area contributed by atoms with E-state index >= 15 is 0 Å². The Hall–Kier alpha value is -0.740. The number of thioether (sulfide) groups is 1. The van der Waals surface area contributed by atoms with Gasteiger partial charge in [0, 0.05) is 18.8 Å². The maximum atomic E-state index is 5.45. The number of para-hydroxylation sites is 1. The first kappa shape index (κ1) is 12.7. The summed E-state index contributed by atoms with van der Waals surface area (Å²) >= 11 is 7.32. The molecule has 2 nitrogen and oxygen atoms in total. The summed E-state index contributed by atoms with van der Waals surface area (Å²) in [5.74, 6) is 1.19. The van der Waals surface area contributed by atoms with Gasteiger partial charge in [0.05, 0.1) is 0 Å². The molecule has 0 unspecified atom stereocenters. The van der Waals surface area contributed by atoms with E-state index in [9.17, 15) is 0 Å². The van der Waals surface area contributed by atoms with E-state index in [2.05, 4.69) is 40.7 Å². The third-order valence-corrected chi connectivity index (χ3v) is 4.00. The molecule has 2 rings (SSSR count). The predicted octanol–water partition coefficient (Wildman–Crippen LogP) is 2.68. The minimum absolute atomic E-state index is 0.871. The van der Waals surface area contributed by atoms with Crippen molar-refractivity contribution in [2.45, 2.75) is 12.8 Å². The summed E-state index contributed by atoms with van der Waals surface area (Å²) in [7, 11) is 0. The molecule has 1 heterocycles. The highest BCUT2D eigenvalue weighted by molar-refractivity contribution is 7.98. The molecule has 0 bridgehead atoms. The molecule has 1 aliphatic rings. The van der Waals surface area contributed by atoms with Crippen LogP contribution in [0.5, 0.6) is 0 Å². The van der Waals surface area contributed by atoms with Gasteiger partial charge in [0.15, 0.2) is 5.11 Å². The van der Waals surface area contributed by atoms with Crippen LogP contribution in [-0.2, 0) is 6.42 Å². The summed E-state index contributed by atoms with van der Waals surface area (Å²) in [5, 5.41) is 4.22. The van der Waals surface area contributed by atoms with E-state index in [0.717, 1.165) is 31.0 Å². The van der Waals surface area contributed by atoms with Gasteiger partial charge in [-0.3, -0.25) is 0 Å². The first-order valence-corrected chi connectivity index (χ1v) is 7.75. The SMILES string of the molecule is CSCCCNC(=S)N1CCc2ccccc21. The van der Waals surface area contributed by atoms with Crippen molar-refractivity contribution in [1.82, 2.24) is 5.32 Å². The summed E-state index contributed by atoms with van der Waals surface area (Å²) < 4.78 is 0. The number of benzene rings is 1. The molecule has 4 heteroatoms. The minimum Gasteiger partial charge on any atom is -0.362 e. The molecule has 0 amide bonds. The number of nitrogens with zero attached hydrogens (tertiary/aromatic N) is 1. The molecule has 0 fully saturated rings. The molecular weight excluding hydrogens is 248 g/mol. The zero-order valence-corrected chi connectivity index (χ0v) is 11.7. The highest BCUT2D eigenvalue weighted by Gasteiger charge is 2.20. The standard InChI is InChI=1S/C13H18N2S2/c1-17-10-4-8-14-13(16)15-9-7-11-5-2-3-6-12(11)15/h2-3,5-6H,4,7-10H2,1H3,(H,14,16). The Bertz CT molecular complexity index is 393. The number of thiocarbonyl (C=S) groups is 1. The number of rotatable bonds is 4. The normalized spacial score (nSPS) is 13.6. The zero-order chi connectivity index (χ0) is 12.1. The Morgan fingerprint density at radius 2 is 2.29 bits per heavy atom. The van der Waals surface area contributed by atoms with Crippen molar-refractivity contribution in [3.8, 4) is 0 Å². The predicted molar refractivity (Wildman–Crippen MR) is 81.1 cm³/mol. The fourth-order valence-corrected chi connectivity index (χ4v) is 2.78. The van der Waals surface area contributed by atoms with Crippen molar-refractivity contribution in [3.05, 3.63) is 29.8 Å². The van der Waals surface area contributed by atoms with Crippen molar-refractivity contribution in [1.29, 1.82) is 0 Å². The molecule has 0 spiro atoms. The van der Waals surface area contributed by atoms with Crippen LogP contribution >= 0.6 is 24.0 Å². The quantitative estimate of drug-likeness (QED) is 0.665. The Morgan fingerprint density at radius 3 is 3.12 bits per heavy atom. The topological polar surface area (TPSA) is 15.3 Å². The van der Waals surface area contributed by atoms with Gasteiger partial charge in [0.2, 0.25) is 0 Å². The van der Waals surface area contributed by atoms with E-state index in [4.69, 9.17) is 12.2 Å². The Morgan fingerprint density at radius 1 is 1.47 bits per heavy atom. The van der Waals surface area contributed by atoms with Crippen LogP contribution in [0.4, 0.5) is 5.69 Å². The van der Waals surface area contributed by atoms with Gasteiger partial charge in [-0.15, -0.1) is 0 Å². The fourth-order valence-electron chi connectivity index (χ4n) is 2.06. The van der Waals surface area contributed by atoms with Crippen molar-refractivity contribution in [3.63, 3.8) is 0 Å². The molecule has 1 N–H and O–H groups in total. The maximum absolute atomic E-state index is 5.45. The average Bonchev–Trinajstić information content (AvgIpc) is 2.78. The summed E-state index contributed by atoms with van der Waals surface area (Å²) in [6.07, 6.45) is 4.40. The van der Waals surface area contributed by atoms with E-state index in [0.29, 0.717) is 0 Å². The second-order valence-corrected chi connectivity index (χ2v) is 5.48. The van der Waals surface area contributed by atoms with Crippen LogP contribution in [0, 0.1) is 0 Å². The van der Waals surface area contributed by atoms with Gasteiger partial charge in [-0.1, -0.05) is 18.2 Å². The van der Waals surface area contributed by atoms with Crippen molar-refractivity contribution >= 4 is 34.8 Å². The van der Waals surface area contributed by atoms with Gasteiger partial charge in [0.25, 0.3) is 0 Å². The Balaban J connectivity index is 1.89. The largest absolute Gasteiger partial charge is 0.362 e. The first-order chi connectivity index (χ1) is 8.33. The lowest BCUT2D eigenvalue weighted by Gasteiger charge is -2.21. The van der Waals surface area contributed by atoms with Crippen LogP contribution in [0.25, 0.3) is 0 Å². The summed E-state index contributed by atoms with van der Waals surface area (Å²) in [6.45, 7) is 1.98. The zero-order valence-electron chi connectivity index (χ0n) is 10.1. The average molecular weight is 266 g/mol. The molecule has 1 aromatic rings. The maximum Gasteiger partial charge on any atom is 0.173 e. The highest BCUT2D eigenvalue weighted by atomic mass is 32.2. The smallest absolute Gasteiger partial charge is 0.173 e. The first-order valence-electron chi connectivity index (χ1n) is 5.95. The van der Waals surface area contributed by atoms with E-state index in [-0.39, 0.29) is 0 Å². The number of anilines is 1. The van der Waals surface area contributed by atoms with Crippen LogP contribution in [0.3, 0.4) is 0 Å². The van der Waals surface area contributed by atoms with Gasteiger partial charge in [-0.2, -0.15) is 11.8 Å². The van der Waals surface area contributed by atoms with Crippen LogP contribution in [-0.4, -0.2) is 30.2 Å². The second-order valence-electron chi connectivity index (χ2n) is 4.11. The lowest BCUT2D eigenvalue weighted by atomic mass is 10.2. The third-order valence-electron chi connectivity index (χ3n) is 2.93. The van der Waals surface area contributed by atoms with E-state index in [1.807, 2.05) is 11.8 Å². The van der Waals surface area contributed by atoms with Gasteiger partial charge < -0.3 is 10.2 Å². The van der Waals surface area contributed by atoms with Crippen LogP contribution in [0.2, 0.25) is 0 Å². The molecule has 0 radical (unpaired) electrons. The molecule has 0 aromatic heterocycles. The van der Waals surface area contributed by atoms with E-state index in [1.165, 1.54) is 17.0 Å². The fraction of sp³-hybridized carbons (Fsp3) is 0.462.